The average Bonchev–Trinajstić information content (AvgIpc) is 3.05. The van der Waals surface area contributed by atoms with E-state index in [9.17, 15) is 8.42 Å². The zero-order valence-corrected chi connectivity index (χ0v) is 15.1. The van der Waals surface area contributed by atoms with Crippen LogP contribution in [0.15, 0.2) is 47.5 Å². The van der Waals surface area contributed by atoms with E-state index in [4.69, 9.17) is 10.1 Å². The number of para-hydroxylation sites is 1. The van der Waals surface area contributed by atoms with Crippen LogP contribution in [-0.4, -0.2) is 31.5 Å². The van der Waals surface area contributed by atoms with Crippen LogP contribution >= 0.6 is 11.3 Å². The molecule has 1 aliphatic heterocycles. The molecule has 130 valence electrons. The lowest BCUT2D eigenvalue weighted by Gasteiger charge is -2.32. The fraction of sp³-hybridized carbons (Fsp3) is 0.294. The third kappa shape index (κ3) is 3.37. The van der Waals surface area contributed by atoms with Gasteiger partial charge in [-0.05, 0) is 37.1 Å². The Morgan fingerprint density at radius 1 is 1.20 bits per heavy atom. The topological polar surface area (TPSA) is 89.2 Å². The maximum atomic E-state index is 11.4. The monoisotopic (exact) mass is 374 g/mol. The number of primary sulfonamides is 1. The lowest BCUT2D eigenvalue weighted by atomic mass is 9.99. The highest BCUT2D eigenvalue weighted by atomic mass is 32.2. The number of thiazole rings is 1. The lowest BCUT2D eigenvalue weighted by molar-refractivity contribution is 0.506. The predicted octanol–water partition coefficient (Wildman–Crippen LogP) is 2.72. The molecule has 3 aromatic rings. The second kappa shape index (κ2) is 6.36. The molecule has 3 heterocycles. The van der Waals surface area contributed by atoms with Crippen molar-refractivity contribution >= 4 is 37.4 Å². The van der Waals surface area contributed by atoms with E-state index in [1.54, 1.807) is 17.4 Å². The van der Waals surface area contributed by atoms with Crippen molar-refractivity contribution in [3.8, 4) is 0 Å². The van der Waals surface area contributed by atoms with E-state index in [0.717, 1.165) is 42.3 Å². The molecule has 1 saturated heterocycles. The van der Waals surface area contributed by atoms with Gasteiger partial charge in [0, 0.05) is 25.2 Å². The molecule has 0 radical (unpaired) electrons. The van der Waals surface area contributed by atoms with Crippen molar-refractivity contribution in [2.75, 3.05) is 18.0 Å². The summed E-state index contributed by atoms with van der Waals surface area (Å²) in [5.41, 5.74) is 1.05. The predicted molar refractivity (Wildman–Crippen MR) is 99.4 cm³/mol. The molecule has 4 rings (SSSR count). The van der Waals surface area contributed by atoms with Crippen molar-refractivity contribution in [1.82, 2.24) is 9.97 Å². The number of piperidine rings is 1. The third-order valence-corrected chi connectivity index (χ3v) is 6.55. The van der Waals surface area contributed by atoms with Gasteiger partial charge in [-0.2, -0.15) is 0 Å². The van der Waals surface area contributed by atoms with Crippen LogP contribution in [0, 0.1) is 0 Å². The number of hydrogen-bond donors (Lipinski definition) is 1. The van der Waals surface area contributed by atoms with E-state index in [-0.39, 0.29) is 4.90 Å². The van der Waals surface area contributed by atoms with Gasteiger partial charge in [0.05, 0.1) is 15.2 Å². The Labute approximate surface area is 150 Å². The Kier molecular flexibility index (Phi) is 4.18. The molecule has 0 bridgehead atoms. The number of nitrogens with zero attached hydrogens (tertiary/aromatic N) is 3. The molecule has 2 N–H and O–H groups in total. The maximum Gasteiger partial charge on any atom is 0.239 e. The summed E-state index contributed by atoms with van der Waals surface area (Å²) in [4.78, 5) is 11.3. The molecule has 0 amide bonds. The summed E-state index contributed by atoms with van der Waals surface area (Å²) < 4.78 is 23.9. The number of aromatic nitrogens is 2. The normalized spacial score (nSPS) is 18.6. The minimum atomic E-state index is -3.71. The van der Waals surface area contributed by atoms with Gasteiger partial charge in [-0.15, -0.1) is 11.3 Å². The molecule has 2 aromatic heterocycles. The zero-order chi connectivity index (χ0) is 17.4. The SMILES string of the molecule is NS(=O)(=O)c1ccc(N2CCC[C@H](c3nc4ccccc4s3)C2)nc1. The van der Waals surface area contributed by atoms with Gasteiger partial charge < -0.3 is 4.90 Å². The Hall–Kier alpha value is -2.03. The van der Waals surface area contributed by atoms with E-state index in [1.165, 1.54) is 17.0 Å². The molecule has 1 atom stereocenters. The highest BCUT2D eigenvalue weighted by Gasteiger charge is 2.25. The summed E-state index contributed by atoms with van der Waals surface area (Å²) in [6.45, 7) is 1.74. The van der Waals surface area contributed by atoms with Crippen LogP contribution in [0.4, 0.5) is 5.82 Å². The van der Waals surface area contributed by atoms with E-state index in [1.807, 2.05) is 18.2 Å². The number of sulfonamides is 1. The lowest BCUT2D eigenvalue weighted by Crippen LogP contribution is -2.34. The molecule has 0 unspecified atom stereocenters. The third-order valence-electron chi connectivity index (χ3n) is 4.45. The van der Waals surface area contributed by atoms with Crippen molar-refractivity contribution < 1.29 is 8.42 Å². The zero-order valence-electron chi connectivity index (χ0n) is 13.5. The average molecular weight is 374 g/mol. The van der Waals surface area contributed by atoms with Crippen molar-refractivity contribution in [2.24, 2.45) is 5.14 Å². The summed E-state index contributed by atoms with van der Waals surface area (Å²) in [5, 5.41) is 6.29. The minimum absolute atomic E-state index is 0.0379. The number of rotatable bonds is 3. The molecule has 1 fully saturated rings. The second-order valence-electron chi connectivity index (χ2n) is 6.20. The number of nitrogens with two attached hydrogens (primary N) is 1. The molecule has 8 heteroatoms. The van der Waals surface area contributed by atoms with Gasteiger partial charge in [-0.25, -0.2) is 23.5 Å². The molecular formula is C17H18N4O2S2. The first-order valence-corrected chi connectivity index (χ1v) is 10.5. The Bertz CT molecular complexity index is 966. The van der Waals surface area contributed by atoms with E-state index < -0.39 is 10.0 Å². The Morgan fingerprint density at radius 2 is 2.04 bits per heavy atom. The number of hydrogen-bond acceptors (Lipinski definition) is 6. The van der Waals surface area contributed by atoms with Crippen molar-refractivity contribution in [3.05, 3.63) is 47.6 Å². The fourth-order valence-electron chi connectivity index (χ4n) is 3.18. The molecule has 0 aliphatic carbocycles. The molecule has 6 nitrogen and oxygen atoms in total. The van der Waals surface area contributed by atoms with Crippen LogP contribution in [-0.2, 0) is 10.0 Å². The summed E-state index contributed by atoms with van der Waals surface area (Å²) >= 11 is 1.75. The van der Waals surface area contributed by atoms with Crippen molar-refractivity contribution in [3.63, 3.8) is 0 Å². The molecule has 1 aliphatic rings. The summed E-state index contributed by atoms with van der Waals surface area (Å²) in [6, 6.07) is 11.4. The number of anilines is 1. The largest absolute Gasteiger partial charge is 0.356 e. The van der Waals surface area contributed by atoms with Gasteiger partial charge >= 0.3 is 0 Å². The number of benzene rings is 1. The molecule has 25 heavy (non-hydrogen) atoms. The van der Waals surface area contributed by atoms with Crippen LogP contribution in [0.25, 0.3) is 10.2 Å². The molecule has 1 aromatic carbocycles. The van der Waals surface area contributed by atoms with Gasteiger partial charge in [0.15, 0.2) is 0 Å². The fourth-order valence-corrected chi connectivity index (χ4v) is 4.73. The van der Waals surface area contributed by atoms with Gasteiger partial charge in [0.25, 0.3) is 0 Å². The molecule has 0 saturated carbocycles. The van der Waals surface area contributed by atoms with Crippen LogP contribution in [0.2, 0.25) is 0 Å². The van der Waals surface area contributed by atoms with Crippen molar-refractivity contribution in [2.45, 2.75) is 23.7 Å². The highest BCUT2D eigenvalue weighted by molar-refractivity contribution is 7.89. The maximum absolute atomic E-state index is 11.4. The molecule has 0 spiro atoms. The van der Waals surface area contributed by atoms with E-state index >= 15 is 0 Å². The summed E-state index contributed by atoms with van der Waals surface area (Å²) in [5.74, 6) is 1.14. The standard InChI is InChI=1S/C17H18N4O2S2/c18-25(22,23)13-7-8-16(19-10-13)21-9-3-4-12(11-21)17-20-14-5-1-2-6-15(14)24-17/h1-2,5-8,10,12H,3-4,9,11H2,(H2,18,22,23)/t12-/m0/s1. The first-order chi connectivity index (χ1) is 12.0. The quantitative estimate of drug-likeness (QED) is 0.761. The second-order valence-corrected chi connectivity index (χ2v) is 8.83. The van der Waals surface area contributed by atoms with Crippen LogP contribution < -0.4 is 10.0 Å². The van der Waals surface area contributed by atoms with E-state index in [0.29, 0.717) is 5.92 Å². The number of pyridine rings is 1. The van der Waals surface area contributed by atoms with Crippen LogP contribution in [0.3, 0.4) is 0 Å². The van der Waals surface area contributed by atoms with Crippen molar-refractivity contribution in [1.29, 1.82) is 0 Å². The first-order valence-electron chi connectivity index (χ1n) is 8.10. The summed E-state index contributed by atoms with van der Waals surface area (Å²) in [6.07, 6.45) is 3.48. The minimum Gasteiger partial charge on any atom is -0.356 e. The molecular weight excluding hydrogens is 356 g/mol. The smallest absolute Gasteiger partial charge is 0.239 e. The summed E-state index contributed by atoms with van der Waals surface area (Å²) in [7, 11) is -3.71. The van der Waals surface area contributed by atoms with Gasteiger partial charge in [0.1, 0.15) is 10.7 Å². The highest BCUT2D eigenvalue weighted by Crippen LogP contribution is 2.34. The first kappa shape index (κ1) is 16.4. The van der Waals surface area contributed by atoms with Gasteiger partial charge in [-0.1, -0.05) is 12.1 Å². The van der Waals surface area contributed by atoms with Crippen LogP contribution in [0.1, 0.15) is 23.8 Å². The number of fused-ring (bicyclic) bond motifs is 1. The van der Waals surface area contributed by atoms with Gasteiger partial charge in [0.2, 0.25) is 10.0 Å². The van der Waals surface area contributed by atoms with Gasteiger partial charge in [-0.3, -0.25) is 0 Å². The van der Waals surface area contributed by atoms with Crippen LogP contribution in [0.5, 0.6) is 0 Å². The Balaban J connectivity index is 1.56. The van der Waals surface area contributed by atoms with E-state index in [2.05, 4.69) is 16.0 Å². The Morgan fingerprint density at radius 3 is 2.76 bits per heavy atom.